The van der Waals surface area contributed by atoms with Crippen molar-refractivity contribution in [1.82, 2.24) is 0 Å². The van der Waals surface area contributed by atoms with E-state index < -0.39 is 17.1 Å². The summed E-state index contributed by atoms with van der Waals surface area (Å²) in [5.74, 6) is 0. The average molecular weight is 429 g/mol. The monoisotopic (exact) mass is 428 g/mol. The highest BCUT2D eigenvalue weighted by Crippen LogP contribution is 2.51. The molecule has 2 unspecified atom stereocenters. The molecule has 0 aromatic heterocycles. The first-order valence-electron chi connectivity index (χ1n) is 11.3. The fourth-order valence-corrected chi connectivity index (χ4v) is 16.9. The van der Waals surface area contributed by atoms with Crippen molar-refractivity contribution < 1.29 is 22.4 Å². The summed E-state index contributed by atoms with van der Waals surface area (Å²) >= 11 is 0. The maximum Gasteiger partial charge on any atom is 0.335 e. The van der Waals surface area contributed by atoms with Gasteiger partial charge in [0.25, 0.3) is 0 Å². The lowest BCUT2D eigenvalue weighted by Gasteiger charge is -2.52. The SMILES string of the molecule is BC1OC2CO[Si](C(C)C)(C(C)C)O[Si](C(C)C)(C(C)C)O[C@H]2[C@]12CCCO2. The second-order valence-corrected chi connectivity index (χ2v) is 19.1. The van der Waals surface area contributed by atoms with Gasteiger partial charge in [-0.25, -0.2) is 0 Å². The number of hydrogen-bond acceptors (Lipinski definition) is 5. The number of rotatable bonds is 4. The molecular weight excluding hydrogens is 387 g/mol. The third-order valence-electron chi connectivity index (χ3n) is 7.29. The van der Waals surface area contributed by atoms with E-state index in [1.165, 1.54) is 0 Å². The van der Waals surface area contributed by atoms with Gasteiger partial charge >= 0.3 is 17.1 Å². The van der Waals surface area contributed by atoms with Crippen molar-refractivity contribution in [1.29, 1.82) is 0 Å². The smallest absolute Gasteiger partial charge is 0.335 e. The van der Waals surface area contributed by atoms with Crippen molar-refractivity contribution in [2.24, 2.45) is 0 Å². The van der Waals surface area contributed by atoms with Gasteiger partial charge < -0.3 is 22.4 Å². The van der Waals surface area contributed by atoms with Gasteiger partial charge in [-0.2, -0.15) is 0 Å². The van der Waals surface area contributed by atoms with Crippen LogP contribution >= 0.6 is 0 Å². The molecule has 0 aromatic rings. The van der Waals surface area contributed by atoms with Crippen molar-refractivity contribution in [2.45, 2.75) is 114 Å². The quantitative estimate of drug-likeness (QED) is 0.637. The Morgan fingerprint density at radius 3 is 1.93 bits per heavy atom. The van der Waals surface area contributed by atoms with Crippen LogP contribution in [0.2, 0.25) is 22.2 Å². The molecule has 0 aromatic carbocycles. The van der Waals surface area contributed by atoms with Gasteiger partial charge in [-0.3, -0.25) is 0 Å². The highest BCUT2D eigenvalue weighted by atomic mass is 28.5. The number of fused-ring (bicyclic) bond motifs is 2. The van der Waals surface area contributed by atoms with E-state index >= 15 is 0 Å². The molecule has 3 saturated heterocycles. The minimum atomic E-state index is -2.61. The summed E-state index contributed by atoms with van der Waals surface area (Å²) in [6.45, 7) is 19.4. The predicted molar refractivity (Wildman–Crippen MR) is 119 cm³/mol. The van der Waals surface area contributed by atoms with Crippen LogP contribution in [0.1, 0.15) is 68.2 Å². The second-order valence-electron chi connectivity index (χ2n) is 10.2. The van der Waals surface area contributed by atoms with E-state index in [0.717, 1.165) is 19.4 Å². The van der Waals surface area contributed by atoms with E-state index in [2.05, 4.69) is 63.2 Å². The van der Waals surface area contributed by atoms with E-state index in [1.54, 1.807) is 0 Å². The molecule has 5 nitrogen and oxygen atoms in total. The highest BCUT2D eigenvalue weighted by Gasteiger charge is 2.65. The molecule has 0 radical (unpaired) electrons. The van der Waals surface area contributed by atoms with Crippen molar-refractivity contribution in [3.05, 3.63) is 0 Å². The van der Waals surface area contributed by atoms with Gasteiger partial charge in [-0.1, -0.05) is 55.4 Å². The van der Waals surface area contributed by atoms with Crippen LogP contribution < -0.4 is 0 Å². The van der Waals surface area contributed by atoms with Crippen LogP contribution in [0.25, 0.3) is 0 Å². The van der Waals surface area contributed by atoms with E-state index in [4.69, 9.17) is 22.4 Å². The second kappa shape index (κ2) is 8.09. The highest BCUT2D eigenvalue weighted by molar-refractivity contribution is 6.84. The van der Waals surface area contributed by atoms with E-state index in [1.807, 2.05) is 0 Å². The average Bonchev–Trinajstić information content (AvgIpc) is 3.15. The third kappa shape index (κ3) is 3.41. The Morgan fingerprint density at radius 2 is 1.46 bits per heavy atom. The van der Waals surface area contributed by atoms with Crippen LogP contribution in [0.3, 0.4) is 0 Å². The Labute approximate surface area is 175 Å². The molecule has 28 heavy (non-hydrogen) atoms. The van der Waals surface area contributed by atoms with Crippen LogP contribution in [0.15, 0.2) is 0 Å². The molecule has 0 bridgehead atoms. The lowest BCUT2D eigenvalue weighted by Crippen LogP contribution is -2.67. The van der Waals surface area contributed by atoms with Gasteiger partial charge in [-0.15, -0.1) is 0 Å². The maximum atomic E-state index is 7.28. The van der Waals surface area contributed by atoms with Crippen LogP contribution in [0.4, 0.5) is 0 Å². The normalized spacial score (nSPS) is 37.8. The molecule has 0 aliphatic carbocycles. The zero-order chi connectivity index (χ0) is 20.9. The van der Waals surface area contributed by atoms with E-state index in [9.17, 15) is 0 Å². The van der Waals surface area contributed by atoms with Crippen LogP contribution in [-0.4, -0.2) is 62.0 Å². The summed E-state index contributed by atoms with van der Waals surface area (Å²) in [6, 6.07) is 0.0203. The standard InChI is InChI=1S/C20H41BO5Si2/c1-13(2)27(14(3)4)23-12-17-18(20(19(21)24-17)10-9-11-22-20)25-28(26-27,15(5)6)16(7)8/h13-19H,9-12,21H2,1-8H3/t17?,18-,19?,20-/m1/s1. The van der Waals surface area contributed by atoms with Crippen LogP contribution in [-0.2, 0) is 22.4 Å². The van der Waals surface area contributed by atoms with Crippen LogP contribution in [0.5, 0.6) is 0 Å². The zero-order valence-corrected chi connectivity index (χ0v) is 21.4. The zero-order valence-electron chi connectivity index (χ0n) is 19.4. The molecule has 3 aliphatic heterocycles. The first-order valence-corrected chi connectivity index (χ1v) is 15.3. The Balaban J connectivity index is 2.09. The summed E-state index contributed by atoms with van der Waals surface area (Å²) in [7, 11) is -2.97. The largest absolute Gasteiger partial charge is 0.414 e. The molecule has 162 valence electrons. The summed E-state index contributed by atoms with van der Waals surface area (Å²) in [4.78, 5) is 0. The molecule has 8 heteroatoms. The molecule has 0 saturated carbocycles. The lowest BCUT2D eigenvalue weighted by molar-refractivity contribution is -0.0820. The first-order chi connectivity index (χ1) is 13.0. The fourth-order valence-electron chi connectivity index (χ4n) is 5.65. The van der Waals surface area contributed by atoms with Crippen molar-refractivity contribution in [2.75, 3.05) is 13.2 Å². The topological polar surface area (TPSA) is 46.2 Å². The number of hydrogen-bond donors (Lipinski definition) is 0. The molecule has 3 fully saturated rings. The predicted octanol–water partition coefficient (Wildman–Crippen LogP) is 3.85. The van der Waals surface area contributed by atoms with Crippen LogP contribution in [0, 0.1) is 0 Å². The Hall–Kier alpha value is 0.299. The minimum Gasteiger partial charge on any atom is -0.414 e. The molecule has 3 rings (SSSR count). The Kier molecular flexibility index (Phi) is 6.64. The molecule has 4 atom stereocenters. The van der Waals surface area contributed by atoms with Gasteiger partial charge in [0.05, 0.1) is 12.6 Å². The Bertz CT molecular complexity index is 535. The van der Waals surface area contributed by atoms with Crippen molar-refractivity contribution >= 4 is 25.0 Å². The summed E-state index contributed by atoms with van der Waals surface area (Å²) in [5.41, 5.74) is 1.01. The van der Waals surface area contributed by atoms with E-state index in [0.29, 0.717) is 28.8 Å². The Morgan fingerprint density at radius 1 is 0.893 bits per heavy atom. The van der Waals surface area contributed by atoms with E-state index in [-0.39, 0.29) is 23.8 Å². The molecule has 0 amide bonds. The molecular formula is C20H41BO5Si2. The van der Waals surface area contributed by atoms with Gasteiger partial charge in [0.1, 0.15) is 25.7 Å². The van der Waals surface area contributed by atoms with Gasteiger partial charge in [0, 0.05) is 6.61 Å². The van der Waals surface area contributed by atoms with Gasteiger partial charge in [-0.05, 0) is 35.0 Å². The maximum absolute atomic E-state index is 7.28. The van der Waals surface area contributed by atoms with Crippen molar-refractivity contribution in [3.8, 4) is 0 Å². The molecule has 3 aliphatic rings. The summed E-state index contributed by atoms with van der Waals surface area (Å²) in [6.07, 6.45) is 1.88. The fraction of sp³-hybridized carbons (Fsp3) is 1.00. The molecule has 0 N–H and O–H groups in total. The molecule has 1 spiro atoms. The number of ether oxygens (including phenoxy) is 2. The summed E-state index contributed by atoms with van der Waals surface area (Å²) < 4.78 is 34.1. The van der Waals surface area contributed by atoms with Gasteiger partial charge in [0.15, 0.2) is 0 Å². The minimum absolute atomic E-state index is 0.0203. The lowest BCUT2D eigenvalue weighted by atomic mass is 9.78. The van der Waals surface area contributed by atoms with Gasteiger partial charge in [0.2, 0.25) is 0 Å². The first kappa shape index (κ1) is 23.0. The van der Waals surface area contributed by atoms with Crippen molar-refractivity contribution in [3.63, 3.8) is 0 Å². The third-order valence-corrected chi connectivity index (χ3v) is 17.5. The summed E-state index contributed by atoms with van der Waals surface area (Å²) in [5, 5.41) is 0. The molecule has 3 heterocycles.